The number of aliphatic hydroxyl groups excluding tert-OH is 7. The highest BCUT2D eigenvalue weighted by molar-refractivity contribution is 5.69. The van der Waals surface area contributed by atoms with E-state index in [1.807, 2.05) is 0 Å². The Hall–Kier alpha value is -2.05. The van der Waals surface area contributed by atoms with Gasteiger partial charge in [0.1, 0.15) is 54.9 Å². The van der Waals surface area contributed by atoms with Crippen molar-refractivity contribution in [3.8, 4) is 0 Å². The first-order valence-electron chi connectivity index (χ1n) is 25.7. The molecule has 0 saturated carbocycles. The highest BCUT2D eigenvalue weighted by atomic mass is 16.7. The van der Waals surface area contributed by atoms with E-state index in [-0.39, 0.29) is 19.6 Å². The van der Waals surface area contributed by atoms with E-state index in [1.165, 1.54) is 64.2 Å². The highest BCUT2D eigenvalue weighted by Crippen LogP contribution is 2.26. The number of aliphatic hydroxyl groups is 7. The standard InChI is InChI=1S/C52H92O14/c1-3-5-7-9-11-13-15-16-17-18-19-20-21-22-23-24-25-27-29-31-33-35-44(54)64-41(38-61-36-34-32-30-28-26-14-12-10-8-6-4-2)39-62-51-50(60)48(58)46(56)43(66-51)40-63-52-49(59)47(57)45(55)42(37-53)65-52/h8,10,15-16,18-19,21-22,41-43,45-53,55-60H,3-7,9,11-14,17,20,23-40H2,1-2H3/b10-8-,16-15-,19-18-,22-21-. The van der Waals surface area contributed by atoms with Crippen LogP contribution >= 0.6 is 0 Å². The predicted octanol–water partition coefficient (Wildman–Crippen LogP) is 7.57. The molecule has 11 atom stereocenters. The minimum Gasteiger partial charge on any atom is -0.457 e. The lowest BCUT2D eigenvalue weighted by molar-refractivity contribution is -0.332. The summed E-state index contributed by atoms with van der Waals surface area (Å²) in [7, 11) is 0. The fourth-order valence-electron chi connectivity index (χ4n) is 7.82. The molecule has 0 radical (unpaired) electrons. The molecule has 2 aliphatic heterocycles. The van der Waals surface area contributed by atoms with Gasteiger partial charge in [0.15, 0.2) is 12.6 Å². The molecule has 2 rings (SSSR count). The van der Waals surface area contributed by atoms with Crippen molar-refractivity contribution in [3.05, 3.63) is 48.6 Å². The van der Waals surface area contributed by atoms with E-state index < -0.39 is 86.7 Å². The number of ether oxygens (including phenoxy) is 6. The third-order valence-corrected chi connectivity index (χ3v) is 12.0. The van der Waals surface area contributed by atoms with E-state index in [9.17, 15) is 40.5 Å². The van der Waals surface area contributed by atoms with Gasteiger partial charge in [-0.2, -0.15) is 0 Å². The van der Waals surface area contributed by atoms with E-state index in [0.717, 1.165) is 83.5 Å². The van der Waals surface area contributed by atoms with Crippen LogP contribution in [-0.4, -0.2) is 142 Å². The number of carbonyl (C=O) groups is 1. The molecule has 7 N–H and O–H groups in total. The number of esters is 1. The van der Waals surface area contributed by atoms with Crippen LogP contribution in [0.1, 0.15) is 174 Å². The van der Waals surface area contributed by atoms with Gasteiger partial charge in [-0.15, -0.1) is 0 Å². The number of unbranched alkanes of at least 4 members (excludes halogenated alkanes) is 18. The molecule has 0 aromatic rings. The van der Waals surface area contributed by atoms with Crippen LogP contribution in [0.4, 0.5) is 0 Å². The lowest BCUT2D eigenvalue weighted by Gasteiger charge is -2.42. The van der Waals surface area contributed by atoms with Crippen LogP contribution in [0.3, 0.4) is 0 Å². The maximum atomic E-state index is 13.0. The van der Waals surface area contributed by atoms with Crippen LogP contribution in [0.5, 0.6) is 0 Å². The van der Waals surface area contributed by atoms with Crippen LogP contribution in [0, 0.1) is 0 Å². The number of allylic oxidation sites excluding steroid dienone is 8. The summed E-state index contributed by atoms with van der Waals surface area (Å²) in [6, 6.07) is 0. The maximum Gasteiger partial charge on any atom is 0.306 e. The Balaban J connectivity index is 1.75. The zero-order valence-corrected chi connectivity index (χ0v) is 40.7. The SMILES string of the molecule is CCC/C=C\CCCCCCCCOCC(COC1OC(COC2OC(CO)C(O)C(O)C2O)C(O)C(O)C1O)OC(=O)CCCCCCCC/C=C\C/C=C\C/C=C\CCCCCCC. The van der Waals surface area contributed by atoms with Crippen molar-refractivity contribution in [3.63, 3.8) is 0 Å². The molecule has 0 spiro atoms. The second kappa shape index (κ2) is 39.8. The molecule has 0 bridgehead atoms. The Morgan fingerprint density at radius 3 is 1.55 bits per heavy atom. The Bertz CT molecular complexity index is 1280. The molecule has 0 aliphatic carbocycles. The Morgan fingerprint density at radius 1 is 0.500 bits per heavy atom. The molecule has 384 valence electrons. The minimum absolute atomic E-state index is 0.0505. The van der Waals surface area contributed by atoms with Gasteiger partial charge in [0, 0.05) is 13.0 Å². The lowest BCUT2D eigenvalue weighted by Crippen LogP contribution is -2.61. The van der Waals surface area contributed by atoms with Gasteiger partial charge in [-0.25, -0.2) is 0 Å². The van der Waals surface area contributed by atoms with Crippen molar-refractivity contribution in [1.82, 2.24) is 0 Å². The Labute approximate surface area is 397 Å². The number of rotatable bonds is 40. The van der Waals surface area contributed by atoms with Crippen LogP contribution in [0.25, 0.3) is 0 Å². The molecule has 2 fully saturated rings. The zero-order valence-electron chi connectivity index (χ0n) is 40.7. The van der Waals surface area contributed by atoms with Gasteiger partial charge in [-0.05, 0) is 70.6 Å². The topological polar surface area (TPSA) is 214 Å². The summed E-state index contributed by atoms with van der Waals surface area (Å²) in [5, 5.41) is 72.1. The van der Waals surface area contributed by atoms with Gasteiger partial charge in [0.05, 0.1) is 26.4 Å². The average Bonchev–Trinajstić information content (AvgIpc) is 3.31. The first-order valence-corrected chi connectivity index (χ1v) is 25.7. The van der Waals surface area contributed by atoms with E-state index in [2.05, 4.69) is 62.5 Å². The summed E-state index contributed by atoms with van der Waals surface area (Å²) in [6.45, 7) is 3.58. The van der Waals surface area contributed by atoms with Gasteiger partial charge in [0.2, 0.25) is 0 Å². The number of carbonyl (C=O) groups excluding carboxylic acids is 1. The summed E-state index contributed by atoms with van der Waals surface area (Å²) in [6.07, 6.45) is 28.9. The van der Waals surface area contributed by atoms with Crippen molar-refractivity contribution in [1.29, 1.82) is 0 Å². The predicted molar refractivity (Wildman–Crippen MR) is 256 cm³/mol. The summed E-state index contributed by atoms with van der Waals surface area (Å²) in [4.78, 5) is 13.0. The minimum atomic E-state index is -1.71. The molecule has 2 aliphatic rings. The lowest BCUT2D eigenvalue weighted by atomic mass is 9.98. The van der Waals surface area contributed by atoms with E-state index in [1.54, 1.807) is 0 Å². The van der Waals surface area contributed by atoms with Gasteiger partial charge in [-0.3, -0.25) is 4.79 Å². The van der Waals surface area contributed by atoms with Crippen molar-refractivity contribution in [2.75, 3.05) is 33.0 Å². The summed E-state index contributed by atoms with van der Waals surface area (Å²) < 4.78 is 34.2. The third kappa shape index (κ3) is 27.2. The van der Waals surface area contributed by atoms with Gasteiger partial charge in [-0.1, -0.05) is 146 Å². The normalized spacial score (nSPS) is 26.7. The molecule has 0 aromatic carbocycles. The van der Waals surface area contributed by atoms with Gasteiger partial charge in [0.25, 0.3) is 0 Å². The molecule has 66 heavy (non-hydrogen) atoms. The van der Waals surface area contributed by atoms with E-state index >= 15 is 0 Å². The first kappa shape index (κ1) is 60.1. The van der Waals surface area contributed by atoms with Crippen LogP contribution < -0.4 is 0 Å². The Morgan fingerprint density at radius 2 is 0.970 bits per heavy atom. The maximum absolute atomic E-state index is 13.0. The molecule has 14 nitrogen and oxygen atoms in total. The molecule has 0 amide bonds. The number of hydrogen-bond acceptors (Lipinski definition) is 14. The summed E-state index contributed by atoms with van der Waals surface area (Å²) in [5.74, 6) is -0.392. The van der Waals surface area contributed by atoms with E-state index in [4.69, 9.17) is 28.4 Å². The monoisotopic (exact) mass is 941 g/mol. The molecule has 0 aromatic heterocycles. The molecule has 14 heteroatoms. The zero-order chi connectivity index (χ0) is 48.0. The van der Waals surface area contributed by atoms with Crippen molar-refractivity contribution in [2.24, 2.45) is 0 Å². The fourth-order valence-corrected chi connectivity index (χ4v) is 7.82. The number of hydrogen-bond donors (Lipinski definition) is 7. The van der Waals surface area contributed by atoms with Crippen LogP contribution in [-0.2, 0) is 33.2 Å². The van der Waals surface area contributed by atoms with Crippen molar-refractivity contribution < 1.29 is 69.0 Å². The smallest absolute Gasteiger partial charge is 0.306 e. The van der Waals surface area contributed by atoms with Gasteiger partial charge >= 0.3 is 5.97 Å². The molecular weight excluding hydrogens is 849 g/mol. The fraction of sp³-hybridized carbons (Fsp3) is 0.827. The third-order valence-electron chi connectivity index (χ3n) is 12.0. The quantitative estimate of drug-likeness (QED) is 0.0179. The van der Waals surface area contributed by atoms with Crippen molar-refractivity contribution in [2.45, 2.75) is 242 Å². The summed E-state index contributed by atoms with van der Waals surface area (Å²) in [5.41, 5.74) is 0. The second-order valence-electron chi connectivity index (χ2n) is 18.0. The average molecular weight is 941 g/mol. The van der Waals surface area contributed by atoms with Crippen molar-refractivity contribution >= 4 is 5.97 Å². The highest BCUT2D eigenvalue weighted by Gasteiger charge is 2.47. The van der Waals surface area contributed by atoms with Crippen LogP contribution in [0.2, 0.25) is 0 Å². The van der Waals surface area contributed by atoms with Crippen LogP contribution in [0.15, 0.2) is 48.6 Å². The Kier molecular flexibility index (Phi) is 36.2. The second-order valence-corrected chi connectivity index (χ2v) is 18.0. The molecule has 11 unspecified atom stereocenters. The largest absolute Gasteiger partial charge is 0.457 e. The summed E-state index contributed by atoms with van der Waals surface area (Å²) >= 11 is 0. The molecule has 2 heterocycles. The van der Waals surface area contributed by atoms with E-state index in [0.29, 0.717) is 13.0 Å². The first-order chi connectivity index (χ1) is 32.1. The van der Waals surface area contributed by atoms with Gasteiger partial charge < -0.3 is 64.2 Å². The molecule has 2 saturated heterocycles. The molecular formula is C52H92O14.